The van der Waals surface area contributed by atoms with E-state index in [2.05, 4.69) is 6.92 Å². The van der Waals surface area contributed by atoms with Crippen molar-refractivity contribution in [2.75, 3.05) is 6.61 Å². The topological polar surface area (TPSA) is 83.8 Å². The predicted octanol–water partition coefficient (Wildman–Crippen LogP) is 5.39. The van der Waals surface area contributed by atoms with Gasteiger partial charge in [0.05, 0.1) is 17.7 Å². The van der Waals surface area contributed by atoms with Gasteiger partial charge in [0.2, 0.25) is 0 Å². The Labute approximate surface area is 171 Å². The van der Waals surface area contributed by atoms with Crippen LogP contribution in [0.3, 0.4) is 0 Å². The number of carbonyl (C=O) groups excluding carboxylic acids is 2. The molecule has 154 valence electrons. The number of rotatable bonds is 10. The molecular weight excluding hydrogens is 368 g/mol. The number of hydrogen-bond acceptors (Lipinski definition) is 5. The lowest BCUT2D eigenvalue weighted by molar-refractivity contribution is 0.0972. The molecule has 0 amide bonds. The standard InChI is InChI=1S/C24H28O5/c1-2-3-4-5-6-7-8-11-14-29-19-15-18(25)24(28)21-20(19)22(26)16-12-9-10-13-17(16)23(21)27/h9-10,12-13,15,25,28H,2-8,11,14H2,1H3. The number of ketones is 2. The summed E-state index contributed by atoms with van der Waals surface area (Å²) in [4.78, 5) is 25.8. The number of hydrogen-bond donors (Lipinski definition) is 2. The van der Waals surface area contributed by atoms with E-state index in [1.807, 2.05) is 0 Å². The number of benzene rings is 2. The monoisotopic (exact) mass is 396 g/mol. The molecule has 2 N–H and O–H groups in total. The first kappa shape index (κ1) is 20.9. The minimum atomic E-state index is -0.577. The van der Waals surface area contributed by atoms with Crippen molar-refractivity contribution in [1.29, 1.82) is 0 Å². The number of phenols is 2. The molecule has 0 fully saturated rings. The lowest BCUT2D eigenvalue weighted by Crippen LogP contribution is -2.22. The smallest absolute Gasteiger partial charge is 0.198 e. The second-order valence-corrected chi connectivity index (χ2v) is 7.52. The highest BCUT2D eigenvalue weighted by atomic mass is 16.5. The quantitative estimate of drug-likeness (QED) is 0.354. The number of unbranched alkanes of at least 4 members (excludes halogenated alkanes) is 7. The van der Waals surface area contributed by atoms with Crippen LogP contribution in [0.5, 0.6) is 17.2 Å². The Morgan fingerprint density at radius 2 is 1.34 bits per heavy atom. The second-order valence-electron chi connectivity index (χ2n) is 7.52. The Kier molecular flexibility index (Phi) is 6.91. The lowest BCUT2D eigenvalue weighted by atomic mass is 9.83. The van der Waals surface area contributed by atoms with Gasteiger partial charge in [0, 0.05) is 17.2 Å². The highest BCUT2D eigenvalue weighted by Gasteiger charge is 2.36. The van der Waals surface area contributed by atoms with Crippen LogP contribution in [0.4, 0.5) is 0 Å². The van der Waals surface area contributed by atoms with E-state index >= 15 is 0 Å². The molecule has 0 spiro atoms. The van der Waals surface area contributed by atoms with Crippen LogP contribution < -0.4 is 4.74 Å². The summed E-state index contributed by atoms with van der Waals surface area (Å²) in [6, 6.07) is 7.70. The first-order valence-electron chi connectivity index (χ1n) is 10.5. The molecule has 29 heavy (non-hydrogen) atoms. The number of fused-ring (bicyclic) bond motifs is 2. The second kappa shape index (κ2) is 9.59. The van der Waals surface area contributed by atoms with Gasteiger partial charge in [-0.25, -0.2) is 0 Å². The highest BCUT2D eigenvalue weighted by Crippen LogP contribution is 2.43. The van der Waals surface area contributed by atoms with Crippen molar-refractivity contribution in [3.8, 4) is 17.2 Å². The molecule has 0 radical (unpaired) electrons. The normalized spacial score (nSPS) is 12.6. The Bertz CT molecular complexity index is 900. The van der Waals surface area contributed by atoms with Crippen LogP contribution in [0.25, 0.3) is 0 Å². The fraction of sp³-hybridized carbons (Fsp3) is 0.417. The Hall–Kier alpha value is -2.82. The summed E-state index contributed by atoms with van der Waals surface area (Å²) in [5, 5.41) is 20.3. The van der Waals surface area contributed by atoms with Crippen molar-refractivity contribution < 1.29 is 24.5 Å². The van der Waals surface area contributed by atoms with Gasteiger partial charge in [-0.05, 0) is 6.42 Å². The Morgan fingerprint density at radius 1 is 0.793 bits per heavy atom. The molecule has 0 heterocycles. The largest absolute Gasteiger partial charge is 0.504 e. The lowest BCUT2D eigenvalue weighted by Gasteiger charge is -2.21. The number of phenolic OH excluding ortho intramolecular Hbond substituents is 2. The first-order valence-corrected chi connectivity index (χ1v) is 10.5. The van der Waals surface area contributed by atoms with Crippen molar-refractivity contribution in [3.05, 3.63) is 52.6 Å². The molecule has 2 aromatic carbocycles. The van der Waals surface area contributed by atoms with Crippen molar-refractivity contribution in [2.45, 2.75) is 58.3 Å². The average Bonchev–Trinajstić information content (AvgIpc) is 2.73. The molecule has 2 aromatic rings. The minimum Gasteiger partial charge on any atom is -0.504 e. The van der Waals surface area contributed by atoms with Gasteiger partial charge >= 0.3 is 0 Å². The highest BCUT2D eigenvalue weighted by molar-refractivity contribution is 6.30. The van der Waals surface area contributed by atoms with Gasteiger partial charge < -0.3 is 14.9 Å². The molecular formula is C24H28O5. The molecule has 1 aliphatic rings. The van der Waals surface area contributed by atoms with Crippen LogP contribution in [0, 0.1) is 0 Å². The third-order valence-corrected chi connectivity index (χ3v) is 5.37. The van der Waals surface area contributed by atoms with E-state index < -0.39 is 17.3 Å². The van der Waals surface area contributed by atoms with Crippen molar-refractivity contribution >= 4 is 11.6 Å². The third-order valence-electron chi connectivity index (χ3n) is 5.37. The van der Waals surface area contributed by atoms with Crippen LogP contribution in [0.1, 0.15) is 90.1 Å². The molecule has 0 saturated carbocycles. The summed E-state index contributed by atoms with van der Waals surface area (Å²) in [6.07, 6.45) is 9.25. The van der Waals surface area contributed by atoms with E-state index in [-0.39, 0.29) is 33.8 Å². The molecule has 1 aliphatic carbocycles. The number of ether oxygens (including phenoxy) is 1. The molecule has 0 aromatic heterocycles. The van der Waals surface area contributed by atoms with Gasteiger partial charge in [-0.3, -0.25) is 9.59 Å². The maximum atomic E-state index is 13.0. The summed E-state index contributed by atoms with van der Waals surface area (Å²) in [7, 11) is 0. The summed E-state index contributed by atoms with van der Waals surface area (Å²) in [5.41, 5.74) is 0.357. The van der Waals surface area contributed by atoms with E-state index in [0.29, 0.717) is 6.61 Å². The molecule has 0 unspecified atom stereocenters. The summed E-state index contributed by atoms with van der Waals surface area (Å²) < 4.78 is 5.77. The number of carbonyl (C=O) groups is 2. The van der Waals surface area contributed by atoms with E-state index in [1.165, 1.54) is 38.2 Å². The van der Waals surface area contributed by atoms with E-state index in [0.717, 1.165) is 19.3 Å². The maximum absolute atomic E-state index is 13.0. The molecule has 5 nitrogen and oxygen atoms in total. The van der Waals surface area contributed by atoms with E-state index in [9.17, 15) is 19.8 Å². The fourth-order valence-electron chi connectivity index (χ4n) is 3.76. The molecule has 0 saturated heterocycles. The van der Waals surface area contributed by atoms with E-state index in [4.69, 9.17) is 4.74 Å². The molecule has 0 atom stereocenters. The van der Waals surface area contributed by atoms with Gasteiger partial charge in [-0.2, -0.15) is 0 Å². The predicted molar refractivity (Wildman–Crippen MR) is 111 cm³/mol. The molecule has 5 heteroatoms. The van der Waals surface area contributed by atoms with Crippen LogP contribution in [-0.2, 0) is 0 Å². The number of aromatic hydroxyl groups is 2. The van der Waals surface area contributed by atoms with Crippen LogP contribution >= 0.6 is 0 Å². The fourth-order valence-corrected chi connectivity index (χ4v) is 3.76. The SMILES string of the molecule is CCCCCCCCCCOc1cc(O)c(O)c2c1C(=O)c1ccccc1C2=O. The van der Waals surface area contributed by atoms with Crippen molar-refractivity contribution in [1.82, 2.24) is 0 Å². The zero-order chi connectivity index (χ0) is 20.8. The van der Waals surface area contributed by atoms with Crippen LogP contribution in [0.2, 0.25) is 0 Å². The molecule has 3 rings (SSSR count). The van der Waals surface area contributed by atoms with Gasteiger partial charge in [-0.15, -0.1) is 0 Å². The summed E-state index contributed by atoms with van der Waals surface area (Å²) >= 11 is 0. The molecule has 0 aliphatic heterocycles. The Morgan fingerprint density at radius 3 is 1.97 bits per heavy atom. The zero-order valence-electron chi connectivity index (χ0n) is 16.9. The van der Waals surface area contributed by atoms with Crippen LogP contribution in [-0.4, -0.2) is 28.4 Å². The zero-order valence-corrected chi connectivity index (χ0v) is 16.9. The van der Waals surface area contributed by atoms with Crippen LogP contribution in [0.15, 0.2) is 30.3 Å². The average molecular weight is 396 g/mol. The third kappa shape index (κ3) is 4.44. The van der Waals surface area contributed by atoms with Gasteiger partial charge in [-0.1, -0.05) is 76.1 Å². The van der Waals surface area contributed by atoms with Gasteiger partial charge in [0.25, 0.3) is 0 Å². The first-order chi connectivity index (χ1) is 14.1. The van der Waals surface area contributed by atoms with Gasteiger partial charge in [0.1, 0.15) is 5.75 Å². The Balaban J connectivity index is 1.69. The van der Waals surface area contributed by atoms with Crippen molar-refractivity contribution in [3.63, 3.8) is 0 Å². The van der Waals surface area contributed by atoms with Gasteiger partial charge in [0.15, 0.2) is 23.1 Å². The van der Waals surface area contributed by atoms with E-state index in [1.54, 1.807) is 24.3 Å². The summed E-state index contributed by atoms with van der Waals surface area (Å²) in [5.74, 6) is -1.76. The summed E-state index contributed by atoms with van der Waals surface area (Å²) in [6.45, 7) is 2.59. The molecule has 0 bridgehead atoms. The minimum absolute atomic E-state index is 0.0311. The van der Waals surface area contributed by atoms with Crippen molar-refractivity contribution in [2.24, 2.45) is 0 Å². The maximum Gasteiger partial charge on any atom is 0.198 e.